The predicted octanol–water partition coefficient (Wildman–Crippen LogP) is 1.59. The Morgan fingerprint density at radius 1 is 1.33 bits per heavy atom. The summed E-state index contributed by atoms with van der Waals surface area (Å²) in [4.78, 5) is 0. The second kappa shape index (κ2) is 5.33. The number of hydrogen-bond donors (Lipinski definition) is 1. The van der Waals surface area contributed by atoms with Gasteiger partial charge in [-0.25, -0.2) is 0 Å². The second-order valence-electron chi connectivity index (χ2n) is 4.54. The number of benzene rings is 1. The van der Waals surface area contributed by atoms with Gasteiger partial charge in [0.2, 0.25) is 0 Å². The van der Waals surface area contributed by atoms with Crippen molar-refractivity contribution in [2.75, 3.05) is 19.8 Å². The first-order valence-corrected chi connectivity index (χ1v) is 6.29. The summed E-state index contributed by atoms with van der Waals surface area (Å²) >= 11 is 0. The number of morpholine rings is 1. The van der Waals surface area contributed by atoms with E-state index in [1.165, 1.54) is 11.1 Å². The van der Waals surface area contributed by atoms with Gasteiger partial charge in [-0.2, -0.15) is 5.10 Å². The van der Waals surface area contributed by atoms with Gasteiger partial charge >= 0.3 is 0 Å². The Morgan fingerprint density at radius 2 is 2.22 bits per heavy atom. The molecule has 1 atom stereocenters. The van der Waals surface area contributed by atoms with Crippen molar-refractivity contribution in [1.29, 1.82) is 0 Å². The highest BCUT2D eigenvalue weighted by Crippen LogP contribution is 2.15. The highest BCUT2D eigenvalue weighted by atomic mass is 16.5. The van der Waals surface area contributed by atoms with Gasteiger partial charge in [-0.15, -0.1) is 0 Å². The van der Waals surface area contributed by atoms with Crippen LogP contribution in [0.3, 0.4) is 0 Å². The summed E-state index contributed by atoms with van der Waals surface area (Å²) in [5.41, 5.74) is 2.46. The number of hydrogen-bond acceptors (Lipinski definition) is 3. The van der Waals surface area contributed by atoms with Crippen LogP contribution in [0, 0.1) is 0 Å². The lowest BCUT2D eigenvalue weighted by Gasteiger charge is -2.22. The molecule has 1 aliphatic heterocycles. The minimum absolute atomic E-state index is 0.281. The molecule has 0 aliphatic carbocycles. The molecule has 4 heteroatoms. The standard InChI is InChI=1S/C14H17N3O/c1-2-4-12(5-3-1)9-17-10-13(8-16-17)14-11-18-7-6-15-14/h1-5,8,10,14-15H,6-7,9,11H2. The molecule has 0 saturated carbocycles. The normalized spacial score (nSPS) is 19.9. The summed E-state index contributed by atoms with van der Waals surface area (Å²) < 4.78 is 7.44. The fourth-order valence-electron chi connectivity index (χ4n) is 2.20. The molecule has 0 radical (unpaired) electrons. The number of ether oxygens (including phenoxy) is 1. The van der Waals surface area contributed by atoms with E-state index in [1.54, 1.807) is 0 Å². The topological polar surface area (TPSA) is 39.1 Å². The van der Waals surface area contributed by atoms with E-state index in [0.717, 1.165) is 26.3 Å². The summed E-state index contributed by atoms with van der Waals surface area (Å²) in [5.74, 6) is 0. The summed E-state index contributed by atoms with van der Waals surface area (Å²) in [6.45, 7) is 3.26. The molecule has 18 heavy (non-hydrogen) atoms. The Bertz CT molecular complexity index is 489. The zero-order chi connectivity index (χ0) is 12.2. The maximum atomic E-state index is 5.46. The average Bonchev–Trinajstić information content (AvgIpc) is 2.89. The summed E-state index contributed by atoms with van der Waals surface area (Å²) in [6, 6.07) is 10.6. The fraction of sp³-hybridized carbons (Fsp3) is 0.357. The van der Waals surface area contributed by atoms with Gasteiger partial charge in [0.1, 0.15) is 0 Å². The molecule has 1 N–H and O–H groups in total. The highest BCUT2D eigenvalue weighted by Gasteiger charge is 2.16. The largest absolute Gasteiger partial charge is 0.378 e. The second-order valence-corrected chi connectivity index (χ2v) is 4.54. The molecule has 94 valence electrons. The van der Waals surface area contributed by atoms with Crippen molar-refractivity contribution in [2.45, 2.75) is 12.6 Å². The molecule has 1 saturated heterocycles. The Labute approximate surface area is 107 Å². The van der Waals surface area contributed by atoms with E-state index in [0.29, 0.717) is 0 Å². The maximum absolute atomic E-state index is 5.46. The van der Waals surface area contributed by atoms with E-state index in [4.69, 9.17) is 4.74 Å². The average molecular weight is 243 g/mol. The van der Waals surface area contributed by atoms with E-state index in [2.05, 4.69) is 40.9 Å². The van der Waals surface area contributed by atoms with Gasteiger partial charge in [0.05, 0.1) is 32.0 Å². The first-order chi connectivity index (χ1) is 8.92. The van der Waals surface area contributed by atoms with Gasteiger partial charge in [0.25, 0.3) is 0 Å². The molecule has 0 spiro atoms. The quantitative estimate of drug-likeness (QED) is 0.890. The molecule has 1 unspecified atom stereocenters. The van der Waals surface area contributed by atoms with E-state index < -0.39 is 0 Å². The summed E-state index contributed by atoms with van der Waals surface area (Å²) in [5, 5.41) is 7.84. The van der Waals surface area contributed by atoms with E-state index >= 15 is 0 Å². The molecule has 0 amide bonds. The van der Waals surface area contributed by atoms with Crippen molar-refractivity contribution >= 4 is 0 Å². The third-order valence-corrected chi connectivity index (χ3v) is 3.16. The molecule has 0 bridgehead atoms. The molecule has 1 aromatic carbocycles. The predicted molar refractivity (Wildman–Crippen MR) is 69.3 cm³/mol. The van der Waals surface area contributed by atoms with Gasteiger partial charge in [-0.1, -0.05) is 30.3 Å². The fourth-order valence-corrected chi connectivity index (χ4v) is 2.20. The monoisotopic (exact) mass is 243 g/mol. The lowest BCUT2D eigenvalue weighted by atomic mass is 10.1. The van der Waals surface area contributed by atoms with Crippen molar-refractivity contribution in [1.82, 2.24) is 15.1 Å². The van der Waals surface area contributed by atoms with Crippen LogP contribution in [0.5, 0.6) is 0 Å². The molecular weight excluding hydrogens is 226 g/mol. The molecule has 1 fully saturated rings. The van der Waals surface area contributed by atoms with Crippen molar-refractivity contribution in [3.05, 3.63) is 53.9 Å². The molecule has 3 rings (SSSR count). The third kappa shape index (κ3) is 2.60. The van der Waals surface area contributed by atoms with Crippen molar-refractivity contribution in [3.63, 3.8) is 0 Å². The first-order valence-electron chi connectivity index (χ1n) is 6.29. The number of rotatable bonds is 3. The SMILES string of the molecule is c1ccc(Cn2cc(C3COCCN3)cn2)cc1. The van der Waals surface area contributed by atoms with Crippen LogP contribution < -0.4 is 5.32 Å². The molecule has 1 aromatic heterocycles. The Balaban J connectivity index is 1.69. The molecule has 2 heterocycles. The van der Waals surface area contributed by atoms with Crippen LogP contribution in [0.1, 0.15) is 17.2 Å². The summed E-state index contributed by atoms with van der Waals surface area (Å²) in [6.07, 6.45) is 4.02. The van der Waals surface area contributed by atoms with Crippen molar-refractivity contribution in [2.24, 2.45) is 0 Å². The number of aromatic nitrogens is 2. The van der Waals surface area contributed by atoms with Crippen LogP contribution in [0.15, 0.2) is 42.7 Å². The van der Waals surface area contributed by atoms with Crippen LogP contribution in [-0.4, -0.2) is 29.5 Å². The van der Waals surface area contributed by atoms with Gasteiger partial charge in [-0.3, -0.25) is 4.68 Å². The minimum atomic E-state index is 0.281. The Hall–Kier alpha value is -1.65. The van der Waals surface area contributed by atoms with E-state index in [-0.39, 0.29) is 6.04 Å². The van der Waals surface area contributed by atoms with E-state index in [9.17, 15) is 0 Å². The molecule has 4 nitrogen and oxygen atoms in total. The van der Waals surface area contributed by atoms with Crippen LogP contribution in [-0.2, 0) is 11.3 Å². The molecule has 1 aliphatic rings. The molecule has 2 aromatic rings. The van der Waals surface area contributed by atoms with Crippen LogP contribution in [0.2, 0.25) is 0 Å². The lowest BCUT2D eigenvalue weighted by molar-refractivity contribution is 0.0768. The van der Waals surface area contributed by atoms with Crippen LogP contribution in [0.25, 0.3) is 0 Å². The Kier molecular flexibility index (Phi) is 3.39. The lowest BCUT2D eigenvalue weighted by Crippen LogP contribution is -2.34. The smallest absolute Gasteiger partial charge is 0.0663 e. The number of nitrogens with zero attached hydrogens (tertiary/aromatic N) is 2. The van der Waals surface area contributed by atoms with Crippen LogP contribution in [0.4, 0.5) is 0 Å². The van der Waals surface area contributed by atoms with Crippen molar-refractivity contribution in [3.8, 4) is 0 Å². The highest BCUT2D eigenvalue weighted by molar-refractivity contribution is 5.16. The van der Waals surface area contributed by atoms with Crippen molar-refractivity contribution < 1.29 is 4.74 Å². The minimum Gasteiger partial charge on any atom is -0.378 e. The number of nitrogens with one attached hydrogen (secondary N) is 1. The van der Waals surface area contributed by atoms with Gasteiger partial charge in [0.15, 0.2) is 0 Å². The van der Waals surface area contributed by atoms with Gasteiger partial charge in [0, 0.05) is 18.3 Å². The zero-order valence-corrected chi connectivity index (χ0v) is 10.2. The maximum Gasteiger partial charge on any atom is 0.0663 e. The third-order valence-electron chi connectivity index (χ3n) is 3.16. The van der Waals surface area contributed by atoms with Gasteiger partial charge in [-0.05, 0) is 5.56 Å². The van der Waals surface area contributed by atoms with Gasteiger partial charge < -0.3 is 10.1 Å². The van der Waals surface area contributed by atoms with Crippen LogP contribution >= 0.6 is 0 Å². The van der Waals surface area contributed by atoms with E-state index in [1.807, 2.05) is 16.9 Å². The first kappa shape index (κ1) is 11.4. The Morgan fingerprint density at radius 3 is 3.00 bits per heavy atom. The zero-order valence-electron chi connectivity index (χ0n) is 10.2. The summed E-state index contributed by atoms with van der Waals surface area (Å²) in [7, 11) is 0. The molecular formula is C14H17N3O.